The first-order chi connectivity index (χ1) is 13.9. The minimum absolute atomic E-state index is 0.104. The van der Waals surface area contributed by atoms with E-state index in [1.807, 2.05) is 0 Å². The molecule has 1 aromatic rings. The maximum Gasteiger partial charge on any atom is 0.308 e. The van der Waals surface area contributed by atoms with Crippen LogP contribution in [0.2, 0.25) is 0 Å². The Labute approximate surface area is 174 Å². The molecule has 158 valence electrons. The van der Waals surface area contributed by atoms with E-state index in [-0.39, 0.29) is 43.0 Å². The lowest BCUT2D eigenvalue weighted by atomic mass is 10.1. The summed E-state index contributed by atoms with van der Waals surface area (Å²) >= 11 is 5.32. The number of thiocarbonyl (C=S) groups is 1. The van der Waals surface area contributed by atoms with Gasteiger partial charge in [-0.25, -0.2) is 0 Å². The second-order valence-electron chi connectivity index (χ2n) is 6.30. The zero-order valence-corrected chi connectivity index (χ0v) is 17.3. The number of rotatable bonds is 8. The highest BCUT2D eigenvalue weighted by molar-refractivity contribution is 7.80. The van der Waals surface area contributed by atoms with Gasteiger partial charge in [0.25, 0.3) is 0 Å². The number of ether oxygens (including phenoxy) is 3. The van der Waals surface area contributed by atoms with Crippen LogP contribution in [-0.2, 0) is 30.3 Å². The predicted molar refractivity (Wildman–Crippen MR) is 108 cm³/mol. The lowest BCUT2D eigenvalue weighted by Crippen LogP contribution is -2.60. The van der Waals surface area contributed by atoms with Crippen molar-refractivity contribution in [3.05, 3.63) is 29.8 Å². The van der Waals surface area contributed by atoms with E-state index in [2.05, 4.69) is 10.6 Å². The van der Waals surface area contributed by atoms with Gasteiger partial charge in [-0.3, -0.25) is 14.4 Å². The maximum absolute atomic E-state index is 12.3. The van der Waals surface area contributed by atoms with Crippen LogP contribution in [0.4, 0.5) is 0 Å². The average molecular weight is 423 g/mol. The monoisotopic (exact) mass is 423 g/mol. The van der Waals surface area contributed by atoms with Crippen LogP contribution >= 0.6 is 12.2 Å². The predicted octanol–water partition coefficient (Wildman–Crippen LogP) is 0.0189. The number of piperazine rings is 1. The third kappa shape index (κ3) is 6.99. The van der Waals surface area contributed by atoms with Gasteiger partial charge in [-0.2, -0.15) is 0 Å². The fraction of sp³-hybridized carbons (Fsp3) is 0.474. The van der Waals surface area contributed by atoms with E-state index in [9.17, 15) is 14.4 Å². The van der Waals surface area contributed by atoms with E-state index in [1.54, 1.807) is 31.4 Å². The summed E-state index contributed by atoms with van der Waals surface area (Å²) < 4.78 is 14.9. The van der Waals surface area contributed by atoms with Crippen LogP contribution in [0.1, 0.15) is 12.0 Å². The van der Waals surface area contributed by atoms with Gasteiger partial charge in [0.15, 0.2) is 5.11 Å². The standard InChI is InChI=1S/C19H25N3O6S/c1-26-9-10-28-17(24)12-15-18(25)20-7-8-22(15)19(29)21-16(23)11-13-3-5-14(27-2)6-4-13/h3-6,15H,7-12H2,1-2H3,(H,20,25)(H,21,23,29). The van der Waals surface area contributed by atoms with Crippen molar-refractivity contribution in [2.24, 2.45) is 0 Å². The minimum Gasteiger partial charge on any atom is -0.497 e. The third-order valence-corrected chi connectivity index (χ3v) is 4.61. The Kier molecular flexibility index (Phi) is 8.81. The molecule has 2 N–H and O–H groups in total. The van der Waals surface area contributed by atoms with Crippen molar-refractivity contribution in [1.29, 1.82) is 0 Å². The number of carbonyl (C=O) groups is 3. The topological polar surface area (TPSA) is 106 Å². The number of benzene rings is 1. The van der Waals surface area contributed by atoms with E-state index in [0.717, 1.165) is 5.56 Å². The average Bonchev–Trinajstić information content (AvgIpc) is 2.70. The molecule has 2 amide bonds. The fourth-order valence-electron chi connectivity index (χ4n) is 2.78. The van der Waals surface area contributed by atoms with Crippen LogP contribution in [0.25, 0.3) is 0 Å². The van der Waals surface area contributed by atoms with Gasteiger partial charge in [0.2, 0.25) is 11.8 Å². The molecular formula is C19H25N3O6S. The molecule has 1 unspecified atom stereocenters. The maximum atomic E-state index is 12.3. The Morgan fingerprint density at radius 3 is 2.62 bits per heavy atom. The van der Waals surface area contributed by atoms with Crippen molar-refractivity contribution >= 4 is 35.1 Å². The largest absolute Gasteiger partial charge is 0.497 e. The van der Waals surface area contributed by atoms with E-state index in [4.69, 9.17) is 26.4 Å². The van der Waals surface area contributed by atoms with Gasteiger partial charge in [0, 0.05) is 20.2 Å². The summed E-state index contributed by atoms with van der Waals surface area (Å²) in [5.74, 6) is -0.495. The van der Waals surface area contributed by atoms with Crippen LogP contribution in [-0.4, -0.2) is 74.4 Å². The smallest absolute Gasteiger partial charge is 0.308 e. The normalized spacial score (nSPS) is 16.0. The molecule has 0 bridgehead atoms. The van der Waals surface area contributed by atoms with E-state index >= 15 is 0 Å². The van der Waals surface area contributed by atoms with Gasteiger partial charge in [0.1, 0.15) is 18.4 Å². The molecule has 1 atom stereocenters. The Balaban J connectivity index is 1.93. The van der Waals surface area contributed by atoms with Crippen molar-refractivity contribution < 1.29 is 28.6 Å². The van der Waals surface area contributed by atoms with Crippen molar-refractivity contribution in [1.82, 2.24) is 15.5 Å². The molecule has 0 saturated carbocycles. The van der Waals surface area contributed by atoms with Gasteiger partial charge in [-0.1, -0.05) is 12.1 Å². The molecule has 2 rings (SSSR count). The van der Waals surface area contributed by atoms with Crippen LogP contribution in [0, 0.1) is 0 Å². The summed E-state index contributed by atoms with van der Waals surface area (Å²) in [4.78, 5) is 38.1. The Morgan fingerprint density at radius 2 is 1.97 bits per heavy atom. The number of nitrogens with zero attached hydrogens (tertiary/aromatic N) is 1. The van der Waals surface area contributed by atoms with Gasteiger partial charge < -0.3 is 29.7 Å². The van der Waals surface area contributed by atoms with Gasteiger partial charge in [0.05, 0.1) is 26.6 Å². The molecule has 1 aliphatic heterocycles. The highest BCUT2D eigenvalue weighted by Crippen LogP contribution is 2.13. The molecule has 1 saturated heterocycles. The van der Waals surface area contributed by atoms with E-state index in [0.29, 0.717) is 18.8 Å². The summed E-state index contributed by atoms with van der Waals surface area (Å²) in [7, 11) is 3.07. The van der Waals surface area contributed by atoms with E-state index < -0.39 is 12.0 Å². The first-order valence-electron chi connectivity index (χ1n) is 9.10. The van der Waals surface area contributed by atoms with Crippen molar-refractivity contribution in [2.75, 3.05) is 40.5 Å². The summed E-state index contributed by atoms with van der Waals surface area (Å²) in [6, 6.07) is 6.26. The number of nitrogens with one attached hydrogen (secondary N) is 2. The Hall–Kier alpha value is -2.72. The quantitative estimate of drug-likeness (QED) is 0.342. The molecule has 0 spiro atoms. The number of carbonyl (C=O) groups excluding carboxylic acids is 3. The Morgan fingerprint density at radius 1 is 1.24 bits per heavy atom. The van der Waals surface area contributed by atoms with Crippen LogP contribution in [0.15, 0.2) is 24.3 Å². The Bertz CT molecular complexity index is 740. The van der Waals surface area contributed by atoms with Crippen molar-refractivity contribution in [3.63, 3.8) is 0 Å². The molecule has 0 aromatic heterocycles. The number of esters is 1. The fourth-order valence-corrected chi connectivity index (χ4v) is 3.11. The molecule has 0 radical (unpaired) electrons. The van der Waals surface area contributed by atoms with Crippen molar-refractivity contribution in [2.45, 2.75) is 18.9 Å². The highest BCUT2D eigenvalue weighted by atomic mass is 32.1. The van der Waals surface area contributed by atoms with Crippen LogP contribution in [0.5, 0.6) is 5.75 Å². The number of methoxy groups -OCH3 is 2. The van der Waals surface area contributed by atoms with Crippen molar-refractivity contribution in [3.8, 4) is 5.75 Å². The lowest BCUT2D eigenvalue weighted by Gasteiger charge is -2.36. The number of hydrogen-bond acceptors (Lipinski definition) is 7. The van der Waals surface area contributed by atoms with Gasteiger partial charge in [-0.05, 0) is 29.9 Å². The zero-order chi connectivity index (χ0) is 21.2. The van der Waals surface area contributed by atoms with Crippen LogP contribution < -0.4 is 15.4 Å². The highest BCUT2D eigenvalue weighted by Gasteiger charge is 2.34. The molecule has 0 aliphatic carbocycles. The molecule has 1 heterocycles. The molecule has 29 heavy (non-hydrogen) atoms. The molecule has 1 aromatic carbocycles. The third-order valence-electron chi connectivity index (χ3n) is 4.27. The summed E-state index contributed by atoms with van der Waals surface area (Å²) in [5.41, 5.74) is 0.792. The van der Waals surface area contributed by atoms with Gasteiger partial charge >= 0.3 is 5.97 Å². The summed E-state index contributed by atoms with van der Waals surface area (Å²) in [5, 5.41) is 5.44. The molecule has 9 nitrogen and oxygen atoms in total. The minimum atomic E-state index is -0.840. The molecular weight excluding hydrogens is 398 g/mol. The second-order valence-corrected chi connectivity index (χ2v) is 6.68. The molecule has 10 heteroatoms. The first kappa shape index (κ1) is 22.6. The van der Waals surface area contributed by atoms with Crippen LogP contribution in [0.3, 0.4) is 0 Å². The first-order valence-corrected chi connectivity index (χ1v) is 9.51. The summed E-state index contributed by atoms with van der Waals surface area (Å²) in [6.45, 7) is 1.12. The van der Waals surface area contributed by atoms with E-state index in [1.165, 1.54) is 12.0 Å². The second kappa shape index (κ2) is 11.3. The SMILES string of the molecule is COCCOC(=O)CC1C(=O)NCCN1C(=S)NC(=O)Cc1ccc(OC)cc1. The van der Waals surface area contributed by atoms with Gasteiger partial charge in [-0.15, -0.1) is 0 Å². The zero-order valence-electron chi connectivity index (χ0n) is 16.4. The number of hydrogen-bond donors (Lipinski definition) is 2. The number of amides is 2. The summed E-state index contributed by atoms with van der Waals surface area (Å²) in [6.07, 6.45) is -0.0576. The molecule has 1 aliphatic rings. The molecule has 1 fully saturated rings. The lowest BCUT2D eigenvalue weighted by molar-refractivity contribution is -0.148.